The normalized spacial score (nSPS) is 11.9. The number of hydrogen-bond acceptors (Lipinski definition) is 2. The molecule has 0 bridgehead atoms. The molecule has 0 aliphatic rings. The van der Waals surface area contributed by atoms with Gasteiger partial charge in [0.1, 0.15) is 0 Å². The lowest BCUT2D eigenvalue weighted by molar-refractivity contribution is 1.10. The Morgan fingerprint density at radius 1 is 0.338 bits per heavy atom. The van der Waals surface area contributed by atoms with Crippen molar-refractivity contribution in [3.8, 4) is 11.1 Å². The Bertz CT molecular complexity index is 2880. The summed E-state index contributed by atoms with van der Waals surface area (Å²) in [5.74, 6) is 0. The van der Waals surface area contributed by atoms with Crippen molar-refractivity contribution in [2.75, 3.05) is 16.3 Å². The minimum Gasteiger partial charge on any atom is -0.338 e. The van der Waals surface area contributed by atoms with Crippen molar-refractivity contribution in [2.45, 2.75) is 13.3 Å². The van der Waals surface area contributed by atoms with Crippen molar-refractivity contribution in [3.05, 3.63) is 301 Å². The Balaban J connectivity index is 1.05. The Morgan fingerprint density at radius 3 is 1.08 bits per heavy atom. The highest BCUT2D eigenvalue weighted by Gasteiger charge is 2.18. The van der Waals surface area contributed by atoms with Gasteiger partial charge in [-0.05, 0) is 123 Å². The zero-order valence-electron chi connectivity index (χ0n) is 36.8. The summed E-state index contributed by atoms with van der Waals surface area (Å²) in [5, 5.41) is 0. The average molecular weight is 837 g/mol. The van der Waals surface area contributed by atoms with Crippen LogP contribution in [0.1, 0.15) is 41.2 Å². The molecule has 0 aromatic heterocycles. The van der Waals surface area contributed by atoms with Gasteiger partial charge >= 0.3 is 0 Å². The molecule has 314 valence electrons. The van der Waals surface area contributed by atoms with Crippen LogP contribution in [0.5, 0.6) is 0 Å². The van der Waals surface area contributed by atoms with Gasteiger partial charge in [-0.3, -0.25) is 0 Å². The molecule has 65 heavy (non-hydrogen) atoms. The Labute approximate surface area is 385 Å². The van der Waals surface area contributed by atoms with E-state index in [0.29, 0.717) is 0 Å². The molecule has 0 spiro atoms. The first-order valence-corrected chi connectivity index (χ1v) is 22.5. The quantitative estimate of drug-likeness (QED) is 0.0750. The molecule has 0 amide bonds. The molecule has 0 saturated heterocycles. The molecule has 2 nitrogen and oxygen atoms in total. The Kier molecular flexibility index (Phi) is 13.5. The first-order valence-electron chi connectivity index (χ1n) is 22.5. The summed E-state index contributed by atoms with van der Waals surface area (Å²) in [6.45, 7) is 2.95. The minimum atomic E-state index is 0.750. The summed E-state index contributed by atoms with van der Waals surface area (Å²) in [6.07, 6.45) is 7.82. The number of anilines is 5. The summed E-state index contributed by atoms with van der Waals surface area (Å²) in [5.41, 5.74) is 17.5. The lowest BCUT2D eigenvalue weighted by Gasteiger charge is -2.25. The molecular formula is C63H52N2. The molecule has 0 radical (unpaired) electrons. The molecule has 0 N–H and O–H groups in total. The second-order valence-corrected chi connectivity index (χ2v) is 15.9. The number of benzene rings is 9. The molecule has 0 atom stereocenters. The SMILES string of the molecule is CC/C=C(\C=C/CN(c1ccccc1)c1ccccc1)c1ccc(/C(=C(\c2ccccc2)c2ccc(-c3ccc(N(c4ccccc4)c4ccccc4)cc3)cc2)c2ccccc2)cc1. The predicted molar refractivity (Wildman–Crippen MR) is 278 cm³/mol. The van der Waals surface area contributed by atoms with Crippen molar-refractivity contribution in [3.63, 3.8) is 0 Å². The summed E-state index contributed by atoms with van der Waals surface area (Å²) in [6, 6.07) is 91.1. The molecule has 0 unspecified atom stereocenters. The van der Waals surface area contributed by atoms with Gasteiger partial charge in [0, 0.05) is 35.0 Å². The zero-order valence-corrected chi connectivity index (χ0v) is 36.8. The summed E-state index contributed by atoms with van der Waals surface area (Å²) >= 11 is 0. The molecule has 9 aromatic rings. The van der Waals surface area contributed by atoms with E-state index >= 15 is 0 Å². The van der Waals surface area contributed by atoms with Crippen LogP contribution >= 0.6 is 0 Å². The number of allylic oxidation sites excluding steroid dienone is 3. The van der Waals surface area contributed by atoms with Crippen LogP contribution in [0.25, 0.3) is 27.8 Å². The van der Waals surface area contributed by atoms with Crippen molar-refractivity contribution in [1.82, 2.24) is 0 Å². The van der Waals surface area contributed by atoms with Crippen LogP contribution < -0.4 is 9.80 Å². The number of nitrogens with zero attached hydrogens (tertiary/aromatic N) is 2. The fourth-order valence-electron chi connectivity index (χ4n) is 8.55. The van der Waals surface area contributed by atoms with Crippen LogP contribution in [0.4, 0.5) is 28.4 Å². The number of para-hydroxylation sites is 4. The van der Waals surface area contributed by atoms with E-state index in [4.69, 9.17) is 0 Å². The average Bonchev–Trinajstić information content (AvgIpc) is 3.39. The maximum absolute atomic E-state index is 2.35. The summed E-state index contributed by atoms with van der Waals surface area (Å²) < 4.78 is 0. The Morgan fingerprint density at radius 2 is 0.662 bits per heavy atom. The van der Waals surface area contributed by atoms with Crippen LogP contribution in [0.15, 0.2) is 273 Å². The largest absolute Gasteiger partial charge is 0.338 e. The lowest BCUT2D eigenvalue weighted by Crippen LogP contribution is -2.16. The molecule has 0 aliphatic carbocycles. The van der Waals surface area contributed by atoms with Gasteiger partial charge < -0.3 is 9.80 Å². The van der Waals surface area contributed by atoms with Gasteiger partial charge in [-0.15, -0.1) is 0 Å². The lowest BCUT2D eigenvalue weighted by atomic mass is 9.85. The topological polar surface area (TPSA) is 6.48 Å². The van der Waals surface area contributed by atoms with Crippen molar-refractivity contribution in [2.24, 2.45) is 0 Å². The second kappa shape index (κ2) is 20.8. The zero-order chi connectivity index (χ0) is 44.0. The maximum Gasteiger partial charge on any atom is 0.0462 e. The van der Waals surface area contributed by atoms with E-state index in [1.807, 2.05) is 0 Å². The molecule has 0 fully saturated rings. The maximum atomic E-state index is 2.35. The molecule has 2 heteroatoms. The van der Waals surface area contributed by atoms with E-state index in [2.05, 4.69) is 290 Å². The van der Waals surface area contributed by atoms with Crippen molar-refractivity contribution >= 4 is 45.2 Å². The van der Waals surface area contributed by atoms with Gasteiger partial charge in [0.15, 0.2) is 0 Å². The molecular weight excluding hydrogens is 785 g/mol. The van der Waals surface area contributed by atoms with Crippen LogP contribution in [-0.4, -0.2) is 6.54 Å². The molecule has 9 rings (SSSR count). The van der Waals surface area contributed by atoms with Gasteiger partial charge in [0.2, 0.25) is 0 Å². The molecule has 0 aliphatic heterocycles. The van der Waals surface area contributed by atoms with Crippen LogP contribution in [-0.2, 0) is 0 Å². The van der Waals surface area contributed by atoms with Crippen LogP contribution in [0.2, 0.25) is 0 Å². The first-order chi connectivity index (χ1) is 32.2. The first kappa shape index (κ1) is 42.1. The highest BCUT2D eigenvalue weighted by Crippen LogP contribution is 2.39. The van der Waals surface area contributed by atoms with Crippen LogP contribution in [0.3, 0.4) is 0 Å². The van der Waals surface area contributed by atoms with Crippen molar-refractivity contribution < 1.29 is 0 Å². The summed E-state index contributed by atoms with van der Waals surface area (Å²) in [4.78, 5) is 4.64. The van der Waals surface area contributed by atoms with E-state index in [0.717, 1.165) is 35.6 Å². The highest BCUT2D eigenvalue weighted by atomic mass is 15.1. The molecule has 0 saturated carbocycles. The summed E-state index contributed by atoms with van der Waals surface area (Å²) in [7, 11) is 0. The van der Waals surface area contributed by atoms with Gasteiger partial charge in [-0.2, -0.15) is 0 Å². The molecule has 0 heterocycles. The Hall–Kier alpha value is -8.20. The smallest absolute Gasteiger partial charge is 0.0462 e. The third kappa shape index (κ3) is 10.0. The third-order valence-corrected chi connectivity index (χ3v) is 11.7. The minimum absolute atomic E-state index is 0.750. The second-order valence-electron chi connectivity index (χ2n) is 15.9. The third-order valence-electron chi connectivity index (χ3n) is 11.7. The van der Waals surface area contributed by atoms with Gasteiger partial charge in [0.25, 0.3) is 0 Å². The monoisotopic (exact) mass is 836 g/mol. The van der Waals surface area contributed by atoms with E-state index in [-0.39, 0.29) is 0 Å². The fraction of sp³-hybridized carbons (Fsp3) is 0.0476. The fourth-order valence-corrected chi connectivity index (χ4v) is 8.55. The number of rotatable bonds is 15. The van der Waals surface area contributed by atoms with Gasteiger partial charge in [0.05, 0.1) is 0 Å². The molecule has 9 aromatic carbocycles. The predicted octanol–water partition coefficient (Wildman–Crippen LogP) is 17.0. The van der Waals surface area contributed by atoms with Crippen LogP contribution in [0, 0.1) is 0 Å². The van der Waals surface area contributed by atoms with E-state index < -0.39 is 0 Å². The van der Waals surface area contributed by atoms with Gasteiger partial charge in [-0.25, -0.2) is 0 Å². The van der Waals surface area contributed by atoms with Crippen molar-refractivity contribution in [1.29, 1.82) is 0 Å². The van der Waals surface area contributed by atoms with E-state index in [1.54, 1.807) is 0 Å². The van der Waals surface area contributed by atoms with Gasteiger partial charge in [-0.1, -0.05) is 219 Å². The standard InChI is InChI=1S/C63H52N2/c1-2-22-49(27-21-48-64(57-28-13-5-14-29-57)58-30-15-6-16-31-58)50-36-40-55(41-37-50)62(53-23-9-3-10-24-53)63(54-25-11-4-12-26-54)56-42-38-51(39-43-56)52-44-46-61(47-45-52)65(59-32-17-7-18-33-59)60-34-19-8-20-35-60/h3-47H,2,48H2,1H3/b27-21-,49-22+,63-62+. The van der Waals surface area contributed by atoms with E-state index in [9.17, 15) is 0 Å². The van der Waals surface area contributed by atoms with E-state index in [1.165, 1.54) is 61.5 Å². The number of hydrogen-bond donors (Lipinski definition) is 0. The highest BCUT2D eigenvalue weighted by molar-refractivity contribution is 6.05.